The fourth-order valence-electron chi connectivity index (χ4n) is 3.31. The van der Waals surface area contributed by atoms with E-state index in [0.29, 0.717) is 5.75 Å². The van der Waals surface area contributed by atoms with Gasteiger partial charge in [-0.3, -0.25) is 4.79 Å². The Balaban J connectivity index is 1.97. The highest BCUT2D eigenvalue weighted by Crippen LogP contribution is 2.39. The summed E-state index contributed by atoms with van der Waals surface area (Å²) < 4.78 is 22.0. The lowest BCUT2D eigenvalue weighted by Gasteiger charge is -2.14. The number of ether oxygens (including phenoxy) is 3. The summed E-state index contributed by atoms with van der Waals surface area (Å²) in [4.78, 5) is 37.2. The number of esters is 2. The highest BCUT2D eigenvalue weighted by atomic mass is 16.6. The average molecular weight is 477 g/mol. The molecule has 0 saturated heterocycles. The molecule has 0 atom stereocenters. The Bertz CT molecular complexity index is 1330. The number of hydrogen-bond donors (Lipinski definition) is 0. The van der Waals surface area contributed by atoms with Gasteiger partial charge in [-0.2, -0.15) is 0 Å². The molecule has 1 heterocycles. The Morgan fingerprint density at radius 3 is 2.31 bits per heavy atom. The highest BCUT2D eigenvalue weighted by molar-refractivity contribution is 5.96. The molecule has 1 aromatic heterocycles. The van der Waals surface area contributed by atoms with Gasteiger partial charge < -0.3 is 18.6 Å². The van der Waals surface area contributed by atoms with Gasteiger partial charge in [0, 0.05) is 6.92 Å². The maximum atomic E-state index is 12.7. The summed E-state index contributed by atoms with van der Waals surface area (Å²) in [6.45, 7) is 7.58. The van der Waals surface area contributed by atoms with Crippen LogP contribution in [0.1, 0.15) is 50.9 Å². The van der Waals surface area contributed by atoms with Crippen LogP contribution in [0.5, 0.6) is 17.2 Å². The van der Waals surface area contributed by atoms with Gasteiger partial charge in [-0.25, -0.2) is 9.59 Å². The molecule has 0 N–H and O–H groups in total. The third kappa shape index (κ3) is 6.93. The predicted molar refractivity (Wildman–Crippen MR) is 133 cm³/mol. The molecule has 0 aliphatic rings. The molecule has 7 nitrogen and oxygen atoms in total. The maximum absolute atomic E-state index is 12.7. The lowest BCUT2D eigenvalue weighted by molar-refractivity contribution is -0.131. The largest absolute Gasteiger partial charge is 0.489 e. The lowest BCUT2D eigenvalue weighted by atomic mass is 10.1. The Labute approximate surface area is 203 Å². The first-order valence-corrected chi connectivity index (χ1v) is 11.2. The molecular weight excluding hydrogens is 448 g/mol. The average Bonchev–Trinajstić information content (AvgIpc) is 2.81. The fourth-order valence-corrected chi connectivity index (χ4v) is 3.31. The highest BCUT2D eigenvalue weighted by Gasteiger charge is 2.25. The van der Waals surface area contributed by atoms with Gasteiger partial charge in [0.25, 0.3) is 5.75 Å². The van der Waals surface area contributed by atoms with Crippen LogP contribution in [0.4, 0.5) is 0 Å². The first-order chi connectivity index (χ1) is 16.8. The summed E-state index contributed by atoms with van der Waals surface area (Å²) in [6.07, 6.45) is 5.97. The second-order valence-electron chi connectivity index (χ2n) is 8.21. The van der Waals surface area contributed by atoms with Crippen molar-refractivity contribution < 1.29 is 28.2 Å². The van der Waals surface area contributed by atoms with Crippen LogP contribution in [-0.2, 0) is 4.79 Å². The third-order valence-corrected chi connectivity index (χ3v) is 5.02. The Hall–Kier alpha value is -4.13. The molecule has 0 fully saturated rings. The summed E-state index contributed by atoms with van der Waals surface area (Å²) in [7, 11) is 0. The number of rotatable bonds is 9. The van der Waals surface area contributed by atoms with Crippen molar-refractivity contribution in [2.24, 2.45) is 0 Å². The summed E-state index contributed by atoms with van der Waals surface area (Å²) in [6, 6.07) is 13.0. The first-order valence-electron chi connectivity index (χ1n) is 11.2. The summed E-state index contributed by atoms with van der Waals surface area (Å²) in [5.41, 5.74) is 1.83. The molecule has 35 heavy (non-hydrogen) atoms. The summed E-state index contributed by atoms with van der Waals surface area (Å²) >= 11 is 0. The monoisotopic (exact) mass is 476 g/mol. The van der Waals surface area contributed by atoms with Crippen molar-refractivity contribution in [1.29, 1.82) is 0 Å². The number of allylic oxidation sites excluding steroid dienone is 3. The molecule has 182 valence electrons. The van der Waals surface area contributed by atoms with Crippen LogP contribution >= 0.6 is 0 Å². The standard InChI is InChI=1S/C28H28O7/c1-18(2)10-8-11-19(3)16-17-32-22-14-9-15-23-24(22)25(33-20(4)29)26(28(31)34-23)35-27(30)21-12-6-5-7-13-21/h5-7,9-10,12-16H,8,11,17H2,1-4H3. The van der Waals surface area contributed by atoms with E-state index in [1.165, 1.54) is 24.6 Å². The quantitative estimate of drug-likeness (QED) is 0.212. The van der Waals surface area contributed by atoms with E-state index in [4.69, 9.17) is 18.6 Å². The first kappa shape index (κ1) is 25.5. The maximum Gasteiger partial charge on any atom is 0.383 e. The van der Waals surface area contributed by atoms with Crippen molar-refractivity contribution in [3.05, 3.63) is 87.8 Å². The molecule has 0 amide bonds. The van der Waals surface area contributed by atoms with Gasteiger partial charge in [-0.15, -0.1) is 0 Å². The molecule has 0 saturated carbocycles. The normalized spacial score (nSPS) is 11.1. The van der Waals surface area contributed by atoms with Crippen molar-refractivity contribution >= 4 is 22.9 Å². The SMILES string of the molecule is CC(=O)Oc1c(OC(=O)c2ccccc2)c(=O)oc2cccc(OCC=C(C)CCC=C(C)C)c12. The van der Waals surface area contributed by atoms with Crippen LogP contribution in [0.3, 0.4) is 0 Å². The number of hydrogen-bond acceptors (Lipinski definition) is 7. The molecule has 3 aromatic rings. The van der Waals surface area contributed by atoms with Crippen LogP contribution in [-0.4, -0.2) is 18.5 Å². The zero-order valence-corrected chi connectivity index (χ0v) is 20.3. The van der Waals surface area contributed by atoms with Crippen molar-refractivity contribution in [3.63, 3.8) is 0 Å². The molecule has 7 heteroatoms. The van der Waals surface area contributed by atoms with Crippen molar-refractivity contribution in [1.82, 2.24) is 0 Å². The molecule has 0 spiro atoms. The summed E-state index contributed by atoms with van der Waals surface area (Å²) in [5.74, 6) is -1.93. The van der Waals surface area contributed by atoms with E-state index in [1.807, 2.05) is 13.0 Å². The van der Waals surface area contributed by atoms with E-state index in [1.54, 1.807) is 36.4 Å². The molecule has 0 bridgehead atoms. The van der Waals surface area contributed by atoms with Gasteiger partial charge in [0.05, 0.1) is 5.56 Å². The zero-order valence-electron chi connectivity index (χ0n) is 20.3. The number of carbonyl (C=O) groups is 2. The van der Waals surface area contributed by atoms with Crippen LogP contribution in [0, 0.1) is 0 Å². The molecule has 0 unspecified atom stereocenters. The van der Waals surface area contributed by atoms with Gasteiger partial charge in [-0.05, 0) is 64.0 Å². The van der Waals surface area contributed by atoms with Crippen LogP contribution in [0.15, 0.2) is 81.0 Å². The second kappa shape index (κ2) is 11.8. The number of carbonyl (C=O) groups excluding carboxylic acids is 2. The number of benzene rings is 2. The summed E-state index contributed by atoms with van der Waals surface area (Å²) in [5, 5.41) is 0.216. The Kier molecular flexibility index (Phi) is 8.62. The van der Waals surface area contributed by atoms with Crippen LogP contribution in [0.25, 0.3) is 11.0 Å². The van der Waals surface area contributed by atoms with E-state index in [-0.39, 0.29) is 28.9 Å². The fraction of sp³-hybridized carbons (Fsp3) is 0.250. The Morgan fingerprint density at radius 1 is 0.886 bits per heavy atom. The molecule has 0 aliphatic carbocycles. The predicted octanol–water partition coefficient (Wildman–Crippen LogP) is 6.01. The van der Waals surface area contributed by atoms with Gasteiger partial charge in [-0.1, -0.05) is 41.5 Å². The van der Waals surface area contributed by atoms with Gasteiger partial charge >= 0.3 is 17.6 Å². The van der Waals surface area contributed by atoms with E-state index in [9.17, 15) is 14.4 Å². The zero-order chi connectivity index (χ0) is 25.4. The molecule has 0 aliphatic heterocycles. The topological polar surface area (TPSA) is 92.0 Å². The smallest absolute Gasteiger partial charge is 0.383 e. The number of fused-ring (bicyclic) bond motifs is 1. The second-order valence-corrected chi connectivity index (χ2v) is 8.21. The minimum atomic E-state index is -0.954. The van der Waals surface area contributed by atoms with Crippen LogP contribution in [0.2, 0.25) is 0 Å². The van der Waals surface area contributed by atoms with Gasteiger partial charge in [0.2, 0.25) is 0 Å². The molecule has 2 aromatic carbocycles. The molecular formula is C28H28O7. The molecule has 3 rings (SSSR count). The van der Waals surface area contributed by atoms with Crippen molar-refractivity contribution in [3.8, 4) is 17.2 Å². The van der Waals surface area contributed by atoms with E-state index in [0.717, 1.165) is 18.4 Å². The van der Waals surface area contributed by atoms with E-state index >= 15 is 0 Å². The molecule has 0 radical (unpaired) electrons. The van der Waals surface area contributed by atoms with Crippen molar-refractivity contribution in [2.45, 2.75) is 40.5 Å². The van der Waals surface area contributed by atoms with Gasteiger partial charge in [0.1, 0.15) is 23.3 Å². The minimum absolute atomic E-state index is 0.132. The van der Waals surface area contributed by atoms with Crippen LogP contribution < -0.4 is 19.8 Å². The Morgan fingerprint density at radius 2 is 1.63 bits per heavy atom. The van der Waals surface area contributed by atoms with Crippen molar-refractivity contribution in [2.75, 3.05) is 6.61 Å². The lowest BCUT2D eigenvalue weighted by Crippen LogP contribution is -2.17. The van der Waals surface area contributed by atoms with E-state index in [2.05, 4.69) is 19.9 Å². The third-order valence-electron chi connectivity index (χ3n) is 5.02. The van der Waals surface area contributed by atoms with E-state index < -0.39 is 23.3 Å². The van der Waals surface area contributed by atoms with Gasteiger partial charge in [0.15, 0.2) is 5.75 Å². The minimum Gasteiger partial charge on any atom is -0.489 e.